The minimum absolute atomic E-state index is 0.109. The second-order valence-corrected chi connectivity index (χ2v) is 5.35. The van der Waals surface area contributed by atoms with Gasteiger partial charge in [0.2, 0.25) is 5.91 Å². The summed E-state index contributed by atoms with van der Waals surface area (Å²) in [4.78, 5) is 12.1. The van der Waals surface area contributed by atoms with Gasteiger partial charge in [0.25, 0.3) is 0 Å². The van der Waals surface area contributed by atoms with Gasteiger partial charge in [0.1, 0.15) is 0 Å². The van der Waals surface area contributed by atoms with E-state index < -0.39 is 11.6 Å². The number of thioether (sulfide) groups is 1. The quantitative estimate of drug-likeness (QED) is 0.845. The third-order valence-corrected chi connectivity index (χ3v) is 3.81. The summed E-state index contributed by atoms with van der Waals surface area (Å²) in [5.41, 5.74) is 0. The molecule has 0 aliphatic carbocycles. The summed E-state index contributed by atoms with van der Waals surface area (Å²) in [5.74, 6) is -1.74. The maximum absolute atomic E-state index is 13.0. The molecule has 0 radical (unpaired) electrons. The van der Waals surface area contributed by atoms with Crippen LogP contribution in [-0.2, 0) is 9.53 Å². The molecule has 1 fully saturated rings. The molecule has 0 aromatic heterocycles. The zero-order valence-electron chi connectivity index (χ0n) is 10.3. The zero-order valence-corrected chi connectivity index (χ0v) is 11.1. The Balaban J connectivity index is 1.71. The summed E-state index contributed by atoms with van der Waals surface area (Å²) in [6.07, 6.45) is 2.11. The molecule has 6 heteroatoms. The van der Waals surface area contributed by atoms with Crippen molar-refractivity contribution in [3.8, 4) is 0 Å². The molecule has 2 rings (SSSR count). The molecule has 0 bridgehead atoms. The van der Waals surface area contributed by atoms with Crippen LogP contribution in [0.1, 0.15) is 12.8 Å². The van der Waals surface area contributed by atoms with Crippen molar-refractivity contribution in [3.63, 3.8) is 0 Å². The van der Waals surface area contributed by atoms with Crippen LogP contribution in [0.25, 0.3) is 0 Å². The van der Waals surface area contributed by atoms with Crippen LogP contribution in [0, 0.1) is 11.6 Å². The van der Waals surface area contributed by atoms with Gasteiger partial charge in [0, 0.05) is 18.0 Å². The molecule has 1 aromatic carbocycles. The molecule has 1 aliphatic heterocycles. The van der Waals surface area contributed by atoms with Crippen LogP contribution in [0.4, 0.5) is 8.78 Å². The van der Waals surface area contributed by atoms with Crippen LogP contribution in [0.15, 0.2) is 23.1 Å². The second-order valence-electron chi connectivity index (χ2n) is 4.30. The fourth-order valence-electron chi connectivity index (χ4n) is 1.80. The van der Waals surface area contributed by atoms with Crippen molar-refractivity contribution in [2.75, 3.05) is 18.9 Å². The number of ether oxygens (including phenoxy) is 1. The van der Waals surface area contributed by atoms with Crippen LogP contribution in [0.3, 0.4) is 0 Å². The van der Waals surface area contributed by atoms with Crippen molar-refractivity contribution >= 4 is 17.7 Å². The molecule has 3 nitrogen and oxygen atoms in total. The summed E-state index contributed by atoms with van der Waals surface area (Å²) in [7, 11) is 0. The third-order valence-electron chi connectivity index (χ3n) is 2.81. The Morgan fingerprint density at radius 2 is 2.26 bits per heavy atom. The van der Waals surface area contributed by atoms with E-state index in [0.29, 0.717) is 11.4 Å². The number of nitrogens with one attached hydrogen (secondary N) is 1. The zero-order chi connectivity index (χ0) is 13.7. The summed E-state index contributed by atoms with van der Waals surface area (Å²) < 4.78 is 31.0. The molecule has 19 heavy (non-hydrogen) atoms. The van der Waals surface area contributed by atoms with Crippen molar-refractivity contribution in [1.29, 1.82) is 0 Å². The standard InChI is InChI=1S/C13H15F2NO2S/c14-11-4-3-10(6-12(11)15)19-8-13(17)16-7-9-2-1-5-18-9/h3-4,6,9H,1-2,5,7-8H2,(H,16,17). The van der Waals surface area contributed by atoms with Gasteiger partial charge in [-0.3, -0.25) is 4.79 Å². The number of hydrogen-bond donors (Lipinski definition) is 1. The van der Waals surface area contributed by atoms with Crippen LogP contribution in [0.5, 0.6) is 0 Å². The highest BCUT2D eigenvalue weighted by atomic mass is 32.2. The Morgan fingerprint density at radius 3 is 2.95 bits per heavy atom. The first-order valence-corrected chi connectivity index (χ1v) is 7.10. The normalized spacial score (nSPS) is 18.5. The third kappa shape index (κ3) is 4.47. The van der Waals surface area contributed by atoms with Gasteiger partial charge in [0.05, 0.1) is 11.9 Å². The lowest BCUT2D eigenvalue weighted by Gasteiger charge is -2.10. The van der Waals surface area contributed by atoms with E-state index in [2.05, 4.69) is 5.32 Å². The van der Waals surface area contributed by atoms with Gasteiger partial charge in [-0.25, -0.2) is 8.78 Å². The summed E-state index contributed by atoms with van der Waals surface area (Å²) in [6.45, 7) is 1.27. The lowest BCUT2D eigenvalue weighted by Crippen LogP contribution is -2.32. The molecule has 1 heterocycles. The Hall–Kier alpha value is -1.14. The largest absolute Gasteiger partial charge is 0.376 e. The Kier molecular flexibility index (Phi) is 5.15. The van der Waals surface area contributed by atoms with Crippen LogP contribution < -0.4 is 5.32 Å². The maximum Gasteiger partial charge on any atom is 0.230 e. The number of rotatable bonds is 5. The minimum atomic E-state index is -0.898. The SMILES string of the molecule is O=C(CSc1ccc(F)c(F)c1)NCC1CCCO1. The van der Waals surface area contributed by atoms with Gasteiger partial charge in [-0.05, 0) is 31.0 Å². The average Bonchev–Trinajstić information content (AvgIpc) is 2.91. The topological polar surface area (TPSA) is 38.3 Å². The molecule has 0 saturated carbocycles. The van der Waals surface area contributed by atoms with E-state index in [9.17, 15) is 13.6 Å². The Bertz CT molecular complexity index is 450. The highest BCUT2D eigenvalue weighted by Gasteiger charge is 2.16. The van der Waals surface area contributed by atoms with E-state index in [1.165, 1.54) is 17.8 Å². The number of carbonyl (C=O) groups is 1. The molecule has 1 atom stereocenters. The van der Waals surface area contributed by atoms with Crippen molar-refractivity contribution in [2.24, 2.45) is 0 Å². The molecular weight excluding hydrogens is 272 g/mol. The minimum Gasteiger partial charge on any atom is -0.376 e. The summed E-state index contributed by atoms with van der Waals surface area (Å²) in [6, 6.07) is 3.60. The van der Waals surface area contributed by atoms with Crippen molar-refractivity contribution in [1.82, 2.24) is 5.32 Å². The molecule has 0 spiro atoms. The molecule has 1 saturated heterocycles. The van der Waals surface area contributed by atoms with Crippen molar-refractivity contribution in [3.05, 3.63) is 29.8 Å². The molecule has 1 unspecified atom stereocenters. The second kappa shape index (κ2) is 6.86. The van der Waals surface area contributed by atoms with Gasteiger partial charge >= 0.3 is 0 Å². The van der Waals surface area contributed by atoms with Gasteiger partial charge in [-0.2, -0.15) is 0 Å². The van der Waals surface area contributed by atoms with E-state index in [1.54, 1.807) is 0 Å². The summed E-state index contributed by atoms with van der Waals surface area (Å²) in [5, 5.41) is 2.77. The van der Waals surface area contributed by atoms with Gasteiger partial charge in [-0.15, -0.1) is 11.8 Å². The monoisotopic (exact) mass is 287 g/mol. The number of halogens is 2. The summed E-state index contributed by atoms with van der Waals surface area (Å²) >= 11 is 1.17. The first-order valence-electron chi connectivity index (χ1n) is 6.11. The fourth-order valence-corrected chi connectivity index (χ4v) is 2.55. The van der Waals surface area contributed by atoms with E-state index in [-0.39, 0.29) is 17.8 Å². The van der Waals surface area contributed by atoms with Gasteiger partial charge < -0.3 is 10.1 Å². The van der Waals surface area contributed by atoms with Crippen molar-refractivity contribution in [2.45, 2.75) is 23.8 Å². The predicted molar refractivity (Wildman–Crippen MR) is 69.1 cm³/mol. The van der Waals surface area contributed by atoms with E-state index in [4.69, 9.17) is 4.74 Å². The predicted octanol–water partition coefficient (Wildman–Crippen LogP) is 2.35. The van der Waals surface area contributed by atoms with Crippen LogP contribution in [0.2, 0.25) is 0 Å². The van der Waals surface area contributed by atoms with Crippen molar-refractivity contribution < 1.29 is 18.3 Å². The number of amides is 1. The smallest absolute Gasteiger partial charge is 0.230 e. The number of benzene rings is 1. The Labute approximate surface area is 114 Å². The molecule has 1 amide bonds. The maximum atomic E-state index is 13.0. The molecule has 1 aliphatic rings. The Morgan fingerprint density at radius 1 is 1.42 bits per heavy atom. The first kappa shape index (κ1) is 14.3. The highest BCUT2D eigenvalue weighted by Crippen LogP contribution is 2.20. The fraction of sp³-hybridized carbons (Fsp3) is 0.462. The number of carbonyl (C=O) groups excluding carboxylic acids is 1. The average molecular weight is 287 g/mol. The lowest BCUT2D eigenvalue weighted by atomic mass is 10.2. The number of hydrogen-bond acceptors (Lipinski definition) is 3. The lowest BCUT2D eigenvalue weighted by molar-refractivity contribution is -0.119. The first-order chi connectivity index (χ1) is 9.15. The van der Waals surface area contributed by atoms with Gasteiger partial charge in [-0.1, -0.05) is 0 Å². The van der Waals surface area contributed by atoms with Gasteiger partial charge in [0.15, 0.2) is 11.6 Å². The molecule has 104 valence electrons. The molecular formula is C13H15F2NO2S. The van der Waals surface area contributed by atoms with E-state index >= 15 is 0 Å². The van der Waals surface area contributed by atoms with E-state index in [1.807, 2.05) is 0 Å². The highest BCUT2D eigenvalue weighted by molar-refractivity contribution is 8.00. The molecule has 1 N–H and O–H groups in total. The van der Waals surface area contributed by atoms with Crippen LogP contribution >= 0.6 is 11.8 Å². The van der Waals surface area contributed by atoms with E-state index in [0.717, 1.165) is 31.6 Å². The molecule has 1 aromatic rings. The van der Waals surface area contributed by atoms with Crippen LogP contribution in [-0.4, -0.2) is 30.9 Å².